The predicted molar refractivity (Wildman–Crippen MR) is 102 cm³/mol. The predicted octanol–water partition coefficient (Wildman–Crippen LogP) is 5.62. The zero-order chi connectivity index (χ0) is 16.3. The van der Waals surface area contributed by atoms with E-state index in [1.54, 1.807) is 0 Å². The van der Waals surface area contributed by atoms with Crippen LogP contribution in [0.1, 0.15) is 32.3 Å². The first kappa shape index (κ1) is 17.0. The van der Waals surface area contributed by atoms with E-state index in [0.717, 1.165) is 24.1 Å². The van der Waals surface area contributed by atoms with Crippen molar-refractivity contribution in [1.82, 2.24) is 0 Å². The lowest BCUT2D eigenvalue weighted by Crippen LogP contribution is -2.71. The highest BCUT2D eigenvalue weighted by Gasteiger charge is 2.83. The third-order valence-corrected chi connectivity index (χ3v) is 9.40. The Morgan fingerprint density at radius 3 is 2.50 bits per heavy atom. The molecule has 4 rings (SSSR count). The van der Waals surface area contributed by atoms with Crippen LogP contribution in [0.15, 0.2) is 24.3 Å². The maximum atomic E-state index is 13.1. The number of aryl methyl sites for hydroxylation is 1. The molecule has 22 heavy (non-hydrogen) atoms. The smallest absolute Gasteiger partial charge is 0.232 e. The van der Waals surface area contributed by atoms with Crippen molar-refractivity contribution in [3.63, 3.8) is 0 Å². The van der Waals surface area contributed by atoms with Gasteiger partial charge in [0.15, 0.2) is 0 Å². The lowest BCUT2D eigenvalue weighted by atomic mass is 9.43. The highest BCUT2D eigenvalue weighted by Crippen LogP contribution is 2.82. The number of anilines is 1. The molecule has 3 aliphatic rings. The van der Waals surface area contributed by atoms with E-state index in [9.17, 15) is 4.79 Å². The molecule has 120 valence electrons. The van der Waals surface area contributed by atoms with Crippen molar-refractivity contribution < 1.29 is 4.79 Å². The van der Waals surface area contributed by atoms with E-state index in [2.05, 4.69) is 67.0 Å². The van der Waals surface area contributed by atoms with Crippen molar-refractivity contribution in [3.05, 3.63) is 29.8 Å². The first-order valence-electron chi connectivity index (χ1n) is 7.50. The largest absolute Gasteiger partial charge is 0.326 e. The van der Waals surface area contributed by atoms with Gasteiger partial charge in [-0.25, -0.2) is 0 Å². The van der Waals surface area contributed by atoms with Gasteiger partial charge < -0.3 is 5.32 Å². The molecule has 1 N–H and O–H groups in total. The Labute approximate surface area is 157 Å². The van der Waals surface area contributed by atoms with Crippen LogP contribution in [0.2, 0.25) is 0 Å². The Kier molecular flexibility index (Phi) is 4.10. The summed E-state index contributed by atoms with van der Waals surface area (Å²) in [5, 5.41) is 3.15. The fourth-order valence-corrected chi connectivity index (χ4v) is 9.58. The van der Waals surface area contributed by atoms with Gasteiger partial charge >= 0.3 is 0 Å². The molecule has 0 radical (unpaired) electrons. The van der Waals surface area contributed by atoms with Gasteiger partial charge in [-0.1, -0.05) is 73.8 Å². The Morgan fingerprint density at radius 1 is 1.32 bits per heavy atom. The number of fused-ring (bicyclic) bond motifs is 1. The van der Waals surface area contributed by atoms with Gasteiger partial charge in [-0.05, 0) is 42.9 Å². The third kappa shape index (κ3) is 1.85. The van der Waals surface area contributed by atoms with Crippen molar-refractivity contribution in [1.29, 1.82) is 0 Å². The molecule has 3 fully saturated rings. The Hall–Kier alpha value is 0.130. The van der Waals surface area contributed by atoms with Gasteiger partial charge in [0.2, 0.25) is 5.91 Å². The van der Waals surface area contributed by atoms with Gasteiger partial charge in [-0.3, -0.25) is 4.79 Å². The summed E-state index contributed by atoms with van der Waals surface area (Å²) in [7, 11) is 0. The number of alkyl halides is 3. The summed E-state index contributed by atoms with van der Waals surface area (Å²) in [4.78, 5) is 13.3. The van der Waals surface area contributed by atoms with Crippen molar-refractivity contribution in [3.8, 4) is 0 Å². The second-order valence-corrected chi connectivity index (χ2v) is 11.1. The minimum atomic E-state index is -0.351. The van der Waals surface area contributed by atoms with Crippen molar-refractivity contribution in [2.24, 2.45) is 16.2 Å². The molecule has 1 aromatic carbocycles. The number of halogens is 3. The molecule has 1 aromatic rings. The van der Waals surface area contributed by atoms with Crippen LogP contribution in [0.4, 0.5) is 5.69 Å². The van der Waals surface area contributed by atoms with Gasteiger partial charge in [-0.2, -0.15) is 0 Å². The summed E-state index contributed by atoms with van der Waals surface area (Å²) in [5.41, 5.74) is 1.68. The first-order chi connectivity index (χ1) is 10.2. The molecular weight excluding hydrogens is 474 g/mol. The molecule has 2 nitrogen and oxygen atoms in total. The fraction of sp³-hybridized carbons (Fsp3) is 0.588. The van der Waals surface area contributed by atoms with Crippen LogP contribution in [0.3, 0.4) is 0 Å². The second kappa shape index (κ2) is 5.32. The number of carbonyl (C=O) groups excluding carboxylic acids is 1. The summed E-state index contributed by atoms with van der Waals surface area (Å²) >= 11 is 11.3. The minimum Gasteiger partial charge on any atom is -0.326 e. The SMILES string of the molecule is Cc1cccc(NC(=O)C23CCC(C(Br)Br)(C2Br)C3(C)C)c1. The van der Waals surface area contributed by atoms with Gasteiger partial charge in [0, 0.05) is 15.9 Å². The summed E-state index contributed by atoms with van der Waals surface area (Å²) in [5.74, 6) is 0.138. The standard InChI is InChI=1S/C17H20Br3NO/c1-10-5-4-6-11(9-10)21-14(22)17-8-7-16(12(17)18,13(19)20)15(17,2)3/h4-6,9,12-13H,7-8H2,1-3H3,(H,21,22). The summed E-state index contributed by atoms with van der Waals surface area (Å²) < 4.78 is 0.203. The van der Waals surface area contributed by atoms with Crippen molar-refractivity contribution in [2.75, 3.05) is 5.32 Å². The van der Waals surface area contributed by atoms with Gasteiger partial charge in [-0.15, -0.1) is 0 Å². The molecule has 0 saturated heterocycles. The van der Waals surface area contributed by atoms with Gasteiger partial charge in [0.05, 0.1) is 9.15 Å². The summed E-state index contributed by atoms with van der Waals surface area (Å²) in [6.45, 7) is 6.49. The van der Waals surface area contributed by atoms with Crippen LogP contribution in [-0.4, -0.2) is 14.5 Å². The van der Waals surface area contributed by atoms with E-state index in [4.69, 9.17) is 0 Å². The molecule has 3 atom stereocenters. The van der Waals surface area contributed by atoms with Crippen molar-refractivity contribution >= 4 is 59.4 Å². The maximum Gasteiger partial charge on any atom is 0.232 e. The average Bonchev–Trinajstić information content (AvgIpc) is 2.88. The molecule has 3 unspecified atom stereocenters. The number of nitrogens with one attached hydrogen (secondary N) is 1. The summed E-state index contributed by atoms with van der Waals surface area (Å²) in [6.07, 6.45) is 1.96. The second-order valence-electron chi connectivity index (χ2n) is 7.12. The Balaban J connectivity index is 1.91. The summed E-state index contributed by atoms with van der Waals surface area (Å²) in [6, 6.07) is 7.99. The molecule has 0 heterocycles. The number of benzene rings is 1. The van der Waals surface area contributed by atoms with Crippen LogP contribution in [0, 0.1) is 23.2 Å². The zero-order valence-electron chi connectivity index (χ0n) is 12.9. The quantitative estimate of drug-likeness (QED) is 0.544. The molecule has 0 spiro atoms. The van der Waals surface area contributed by atoms with Crippen LogP contribution < -0.4 is 5.32 Å². The number of hydrogen-bond acceptors (Lipinski definition) is 1. The van der Waals surface area contributed by atoms with Crippen LogP contribution in [0.25, 0.3) is 0 Å². The van der Waals surface area contributed by atoms with Crippen LogP contribution >= 0.6 is 47.8 Å². The topological polar surface area (TPSA) is 29.1 Å². The molecule has 3 aliphatic carbocycles. The van der Waals surface area contributed by atoms with E-state index in [1.807, 2.05) is 31.2 Å². The van der Waals surface area contributed by atoms with E-state index >= 15 is 0 Å². The number of rotatable bonds is 3. The molecule has 2 bridgehead atoms. The molecule has 3 saturated carbocycles. The van der Waals surface area contributed by atoms with Crippen LogP contribution in [-0.2, 0) is 4.79 Å². The first-order valence-corrected chi connectivity index (χ1v) is 10.3. The molecule has 0 aromatic heterocycles. The number of amides is 1. The van der Waals surface area contributed by atoms with E-state index < -0.39 is 0 Å². The van der Waals surface area contributed by atoms with Crippen LogP contribution in [0.5, 0.6) is 0 Å². The fourth-order valence-electron chi connectivity index (χ4n) is 4.66. The third-order valence-electron chi connectivity index (χ3n) is 6.17. The van der Waals surface area contributed by atoms with E-state index in [1.165, 1.54) is 0 Å². The zero-order valence-corrected chi connectivity index (χ0v) is 17.7. The monoisotopic (exact) mass is 491 g/mol. The highest BCUT2D eigenvalue weighted by molar-refractivity contribution is 9.24. The maximum absolute atomic E-state index is 13.1. The molecular formula is C17H20Br3NO. The Morgan fingerprint density at radius 2 is 2.00 bits per heavy atom. The van der Waals surface area contributed by atoms with E-state index in [-0.39, 0.29) is 30.7 Å². The normalized spacial score (nSPS) is 35.3. The number of carbonyl (C=O) groups is 1. The van der Waals surface area contributed by atoms with E-state index in [0.29, 0.717) is 0 Å². The lowest BCUT2D eigenvalue weighted by Gasteiger charge is -2.66. The van der Waals surface area contributed by atoms with Crippen molar-refractivity contribution in [2.45, 2.75) is 42.2 Å². The Bertz CT molecular complexity index is 630. The minimum absolute atomic E-state index is 0.0664. The highest BCUT2D eigenvalue weighted by atomic mass is 79.9. The average molecular weight is 494 g/mol. The molecule has 0 aliphatic heterocycles. The number of hydrogen-bond donors (Lipinski definition) is 1. The molecule has 5 heteroatoms. The molecule has 1 amide bonds. The van der Waals surface area contributed by atoms with Gasteiger partial charge in [0.1, 0.15) is 0 Å². The lowest BCUT2D eigenvalue weighted by molar-refractivity contribution is -0.155. The van der Waals surface area contributed by atoms with Gasteiger partial charge in [0.25, 0.3) is 0 Å².